The molecular weight excluding hydrogens is 300 g/mol. The van der Waals surface area contributed by atoms with Gasteiger partial charge in [0.05, 0.1) is 13.2 Å². The fourth-order valence-corrected chi connectivity index (χ4v) is 2.74. The minimum Gasteiger partial charge on any atom is -0.497 e. The number of hydrogen-bond donors (Lipinski definition) is 2. The maximum atomic E-state index is 12.2. The van der Waals surface area contributed by atoms with Crippen molar-refractivity contribution in [2.45, 2.75) is 13.0 Å². The molecule has 24 heavy (non-hydrogen) atoms. The van der Waals surface area contributed by atoms with Crippen molar-refractivity contribution in [2.75, 3.05) is 12.4 Å². The first-order chi connectivity index (χ1) is 11.7. The Morgan fingerprint density at radius 2 is 1.67 bits per heavy atom. The third kappa shape index (κ3) is 3.49. The van der Waals surface area contributed by atoms with Crippen molar-refractivity contribution in [1.82, 2.24) is 5.32 Å². The lowest BCUT2D eigenvalue weighted by Gasteiger charge is -2.17. The zero-order valence-corrected chi connectivity index (χ0v) is 13.7. The number of carbonyl (C=O) groups excluding carboxylic acids is 1. The Balaban J connectivity index is 1.71. The molecule has 0 saturated heterocycles. The van der Waals surface area contributed by atoms with Crippen LogP contribution in [0.15, 0.2) is 66.7 Å². The molecular formula is C20H20N2O2. The van der Waals surface area contributed by atoms with Crippen LogP contribution in [0.3, 0.4) is 0 Å². The molecule has 2 N–H and O–H groups in total. The molecule has 4 nitrogen and oxygen atoms in total. The molecule has 3 aromatic rings. The summed E-state index contributed by atoms with van der Waals surface area (Å²) in [7, 11) is 1.61. The predicted octanol–water partition coefficient (Wildman–Crippen LogP) is 4.73. The van der Waals surface area contributed by atoms with Crippen molar-refractivity contribution in [3.8, 4) is 5.75 Å². The highest BCUT2D eigenvalue weighted by Gasteiger charge is 2.12. The molecule has 0 heterocycles. The van der Waals surface area contributed by atoms with Gasteiger partial charge < -0.3 is 15.4 Å². The molecule has 3 aromatic carbocycles. The Morgan fingerprint density at radius 3 is 2.42 bits per heavy atom. The first-order valence-electron chi connectivity index (χ1n) is 7.86. The van der Waals surface area contributed by atoms with Crippen molar-refractivity contribution >= 4 is 22.5 Å². The van der Waals surface area contributed by atoms with Crippen LogP contribution in [0.1, 0.15) is 18.5 Å². The average Bonchev–Trinajstić information content (AvgIpc) is 2.61. The minimum atomic E-state index is -0.236. The van der Waals surface area contributed by atoms with E-state index in [-0.39, 0.29) is 12.1 Å². The van der Waals surface area contributed by atoms with Crippen LogP contribution in [-0.2, 0) is 0 Å². The van der Waals surface area contributed by atoms with E-state index in [4.69, 9.17) is 4.74 Å². The SMILES string of the molecule is COc1ccc(NC(=O)N[C@H](C)c2cccc3ccccc23)cc1. The molecule has 1 atom stereocenters. The molecule has 0 bridgehead atoms. The van der Waals surface area contributed by atoms with Gasteiger partial charge in [0, 0.05) is 5.69 Å². The number of carbonyl (C=O) groups is 1. The van der Waals surface area contributed by atoms with E-state index in [1.807, 2.05) is 43.3 Å². The maximum absolute atomic E-state index is 12.2. The Morgan fingerprint density at radius 1 is 0.958 bits per heavy atom. The van der Waals surface area contributed by atoms with Crippen LogP contribution < -0.4 is 15.4 Å². The van der Waals surface area contributed by atoms with Gasteiger partial charge in [-0.1, -0.05) is 42.5 Å². The van der Waals surface area contributed by atoms with Gasteiger partial charge in [-0.2, -0.15) is 0 Å². The van der Waals surface area contributed by atoms with E-state index in [1.165, 1.54) is 5.39 Å². The highest BCUT2D eigenvalue weighted by molar-refractivity contribution is 5.91. The number of benzene rings is 3. The Kier molecular flexibility index (Phi) is 4.66. The Bertz CT molecular complexity index is 838. The zero-order valence-electron chi connectivity index (χ0n) is 13.7. The maximum Gasteiger partial charge on any atom is 0.319 e. The molecule has 0 saturated carbocycles. The fraction of sp³-hybridized carbons (Fsp3) is 0.150. The normalized spacial score (nSPS) is 11.8. The Labute approximate surface area is 141 Å². The van der Waals surface area contributed by atoms with E-state index in [0.29, 0.717) is 0 Å². The number of fused-ring (bicyclic) bond motifs is 1. The zero-order chi connectivity index (χ0) is 16.9. The molecule has 122 valence electrons. The molecule has 0 aliphatic carbocycles. The van der Waals surface area contributed by atoms with E-state index < -0.39 is 0 Å². The topological polar surface area (TPSA) is 50.4 Å². The van der Waals surface area contributed by atoms with E-state index in [1.54, 1.807) is 19.2 Å². The summed E-state index contributed by atoms with van der Waals surface area (Å²) in [5.41, 5.74) is 1.82. The summed E-state index contributed by atoms with van der Waals surface area (Å²) >= 11 is 0. The van der Waals surface area contributed by atoms with E-state index in [9.17, 15) is 4.79 Å². The molecule has 0 spiro atoms. The molecule has 3 rings (SSSR count). The summed E-state index contributed by atoms with van der Waals surface area (Å²) in [6.45, 7) is 1.98. The highest BCUT2D eigenvalue weighted by atomic mass is 16.5. The second-order valence-electron chi connectivity index (χ2n) is 5.62. The summed E-state index contributed by atoms with van der Waals surface area (Å²) < 4.78 is 5.11. The van der Waals surface area contributed by atoms with Crippen LogP contribution in [0.4, 0.5) is 10.5 Å². The largest absolute Gasteiger partial charge is 0.497 e. The minimum absolute atomic E-state index is 0.102. The van der Waals surface area contributed by atoms with Crippen LogP contribution in [-0.4, -0.2) is 13.1 Å². The summed E-state index contributed by atoms with van der Waals surface area (Å²) in [4.78, 5) is 12.2. The van der Waals surface area contributed by atoms with Crippen LogP contribution in [0.2, 0.25) is 0 Å². The average molecular weight is 320 g/mol. The smallest absolute Gasteiger partial charge is 0.319 e. The third-order valence-electron chi connectivity index (χ3n) is 3.99. The second kappa shape index (κ2) is 7.04. The molecule has 0 aliphatic heterocycles. The van der Waals surface area contributed by atoms with E-state index in [2.05, 4.69) is 28.8 Å². The lowest BCUT2D eigenvalue weighted by Crippen LogP contribution is -2.31. The number of nitrogens with one attached hydrogen (secondary N) is 2. The first kappa shape index (κ1) is 15.9. The van der Waals surface area contributed by atoms with E-state index in [0.717, 1.165) is 22.4 Å². The number of ether oxygens (including phenoxy) is 1. The lowest BCUT2D eigenvalue weighted by atomic mass is 10.00. The van der Waals surface area contributed by atoms with Crippen molar-refractivity contribution in [1.29, 1.82) is 0 Å². The van der Waals surface area contributed by atoms with Gasteiger partial charge >= 0.3 is 6.03 Å². The number of urea groups is 1. The molecule has 4 heteroatoms. The summed E-state index contributed by atoms with van der Waals surface area (Å²) in [5, 5.41) is 8.14. The Hall–Kier alpha value is -3.01. The van der Waals surface area contributed by atoms with Gasteiger partial charge in [0.1, 0.15) is 5.75 Å². The van der Waals surface area contributed by atoms with E-state index >= 15 is 0 Å². The van der Waals surface area contributed by atoms with Crippen molar-refractivity contribution < 1.29 is 9.53 Å². The molecule has 2 amide bonds. The van der Waals surface area contributed by atoms with Gasteiger partial charge in [-0.3, -0.25) is 0 Å². The number of methoxy groups -OCH3 is 1. The monoisotopic (exact) mass is 320 g/mol. The quantitative estimate of drug-likeness (QED) is 0.730. The second-order valence-corrected chi connectivity index (χ2v) is 5.62. The summed E-state index contributed by atoms with van der Waals surface area (Å²) in [6.07, 6.45) is 0. The van der Waals surface area contributed by atoms with Gasteiger partial charge in [-0.25, -0.2) is 4.79 Å². The van der Waals surface area contributed by atoms with Gasteiger partial charge in [0.15, 0.2) is 0 Å². The van der Waals surface area contributed by atoms with Crippen LogP contribution in [0, 0.1) is 0 Å². The van der Waals surface area contributed by atoms with Crippen LogP contribution in [0.5, 0.6) is 5.75 Å². The predicted molar refractivity (Wildman–Crippen MR) is 97.5 cm³/mol. The number of anilines is 1. The molecule has 0 fully saturated rings. The van der Waals surface area contributed by atoms with Gasteiger partial charge in [0.25, 0.3) is 0 Å². The summed E-state index contributed by atoms with van der Waals surface area (Å²) in [6, 6.07) is 21.2. The molecule has 0 aliphatic rings. The number of rotatable bonds is 4. The first-order valence-corrected chi connectivity index (χ1v) is 7.86. The molecule has 0 unspecified atom stereocenters. The lowest BCUT2D eigenvalue weighted by molar-refractivity contribution is 0.249. The van der Waals surface area contributed by atoms with Gasteiger partial charge in [-0.05, 0) is 47.5 Å². The van der Waals surface area contributed by atoms with Crippen LogP contribution in [0.25, 0.3) is 10.8 Å². The molecule has 0 aromatic heterocycles. The van der Waals surface area contributed by atoms with Crippen molar-refractivity contribution in [2.24, 2.45) is 0 Å². The van der Waals surface area contributed by atoms with Gasteiger partial charge in [0.2, 0.25) is 0 Å². The summed E-state index contributed by atoms with van der Waals surface area (Å²) in [5.74, 6) is 0.755. The fourth-order valence-electron chi connectivity index (χ4n) is 2.74. The number of amides is 2. The van der Waals surface area contributed by atoms with Crippen LogP contribution >= 0.6 is 0 Å². The highest BCUT2D eigenvalue weighted by Crippen LogP contribution is 2.24. The van der Waals surface area contributed by atoms with Crippen molar-refractivity contribution in [3.63, 3.8) is 0 Å². The van der Waals surface area contributed by atoms with Gasteiger partial charge in [-0.15, -0.1) is 0 Å². The standard InChI is InChI=1S/C20H20N2O2/c1-14(18-9-5-7-15-6-3-4-8-19(15)18)21-20(23)22-16-10-12-17(24-2)13-11-16/h3-14H,1-2H3,(H2,21,22,23)/t14-/m1/s1. The van der Waals surface area contributed by atoms with Crippen molar-refractivity contribution in [3.05, 3.63) is 72.3 Å². The number of hydrogen-bond acceptors (Lipinski definition) is 2. The third-order valence-corrected chi connectivity index (χ3v) is 3.99. The molecule has 0 radical (unpaired) electrons.